The van der Waals surface area contributed by atoms with Gasteiger partial charge in [0.15, 0.2) is 0 Å². The molecule has 2 rings (SSSR count). The first-order valence-electron chi connectivity index (χ1n) is 8.03. The Labute approximate surface area is 141 Å². The van der Waals surface area contributed by atoms with E-state index in [2.05, 4.69) is 5.32 Å². The second kappa shape index (κ2) is 9.20. The number of rotatable bonds is 8. The molecule has 6 nitrogen and oxygen atoms in total. The van der Waals surface area contributed by atoms with Crippen molar-refractivity contribution in [1.29, 1.82) is 0 Å². The van der Waals surface area contributed by atoms with Crippen molar-refractivity contribution in [3.05, 3.63) is 48.0 Å². The van der Waals surface area contributed by atoms with Crippen LogP contribution in [0.3, 0.4) is 0 Å². The molecule has 0 heterocycles. The van der Waals surface area contributed by atoms with E-state index in [4.69, 9.17) is 9.84 Å². The van der Waals surface area contributed by atoms with Crippen LogP contribution in [0.4, 0.5) is 0 Å². The molecule has 3 atom stereocenters. The number of benzene rings is 1. The van der Waals surface area contributed by atoms with Gasteiger partial charge in [0, 0.05) is 6.04 Å². The van der Waals surface area contributed by atoms with Crippen molar-refractivity contribution in [2.75, 3.05) is 6.61 Å². The third kappa shape index (κ3) is 6.14. The fourth-order valence-electron chi connectivity index (χ4n) is 2.62. The first kappa shape index (κ1) is 18.2. The second-order valence-electron chi connectivity index (χ2n) is 5.97. The molecule has 0 saturated carbocycles. The summed E-state index contributed by atoms with van der Waals surface area (Å²) in [7, 11) is 0. The van der Waals surface area contributed by atoms with Gasteiger partial charge in [-0.1, -0.05) is 42.5 Å². The van der Waals surface area contributed by atoms with Crippen LogP contribution in [0.15, 0.2) is 42.5 Å². The predicted octanol–water partition coefficient (Wildman–Crippen LogP) is 1.49. The van der Waals surface area contributed by atoms with E-state index in [9.17, 15) is 14.7 Å². The van der Waals surface area contributed by atoms with Gasteiger partial charge in [-0.25, -0.2) is 0 Å². The number of aliphatic hydroxyl groups is 1. The van der Waals surface area contributed by atoms with Crippen LogP contribution < -0.4 is 5.32 Å². The average molecular weight is 333 g/mol. The first-order valence-corrected chi connectivity index (χ1v) is 8.03. The lowest BCUT2D eigenvalue weighted by Gasteiger charge is -2.23. The molecule has 24 heavy (non-hydrogen) atoms. The fourth-order valence-corrected chi connectivity index (χ4v) is 2.62. The topological polar surface area (TPSA) is 95.9 Å². The van der Waals surface area contributed by atoms with E-state index in [-0.39, 0.29) is 25.0 Å². The van der Waals surface area contributed by atoms with Gasteiger partial charge < -0.3 is 20.3 Å². The highest BCUT2D eigenvalue weighted by Crippen LogP contribution is 2.19. The highest BCUT2D eigenvalue weighted by Gasteiger charge is 2.25. The van der Waals surface area contributed by atoms with E-state index in [1.54, 1.807) is 12.2 Å². The van der Waals surface area contributed by atoms with Crippen molar-refractivity contribution in [2.24, 2.45) is 5.92 Å². The minimum atomic E-state index is -0.892. The van der Waals surface area contributed by atoms with Gasteiger partial charge in [0.2, 0.25) is 5.91 Å². The van der Waals surface area contributed by atoms with E-state index in [1.165, 1.54) is 0 Å². The molecule has 0 aliphatic heterocycles. The Morgan fingerprint density at radius 1 is 1.29 bits per heavy atom. The SMILES string of the molecule is O=C(CC(O)COCc1ccccc1)N[C@H]1C=CC[C@H](C(=O)O)C1. The van der Waals surface area contributed by atoms with Gasteiger partial charge in [-0.2, -0.15) is 0 Å². The summed E-state index contributed by atoms with van der Waals surface area (Å²) in [4.78, 5) is 22.9. The smallest absolute Gasteiger partial charge is 0.306 e. The molecule has 6 heteroatoms. The van der Waals surface area contributed by atoms with Gasteiger partial charge >= 0.3 is 5.97 Å². The lowest BCUT2D eigenvalue weighted by molar-refractivity contribution is -0.142. The largest absolute Gasteiger partial charge is 0.481 e. The lowest BCUT2D eigenvalue weighted by Crippen LogP contribution is -2.39. The number of carbonyl (C=O) groups is 2. The van der Waals surface area contributed by atoms with Crippen molar-refractivity contribution in [1.82, 2.24) is 5.32 Å². The monoisotopic (exact) mass is 333 g/mol. The Morgan fingerprint density at radius 3 is 2.75 bits per heavy atom. The molecule has 1 amide bonds. The number of hydrogen-bond donors (Lipinski definition) is 3. The molecule has 0 aromatic heterocycles. The fraction of sp³-hybridized carbons (Fsp3) is 0.444. The maximum atomic E-state index is 11.9. The first-order chi connectivity index (χ1) is 11.5. The van der Waals surface area contributed by atoms with Gasteiger partial charge in [0.25, 0.3) is 0 Å². The quantitative estimate of drug-likeness (QED) is 0.627. The highest BCUT2D eigenvalue weighted by atomic mass is 16.5. The van der Waals surface area contributed by atoms with E-state index in [0.29, 0.717) is 19.4 Å². The van der Waals surface area contributed by atoms with Crippen LogP contribution >= 0.6 is 0 Å². The number of carbonyl (C=O) groups excluding carboxylic acids is 1. The summed E-state index contributed by atoms with van der Waals surface area (Å²) in [5.41, 5.74) is 1.00. The molecule has 1 aromatic carbocycles. The summed E-state index contributed by atoms with van der Waals surface area (Å²) in [5.74, 6) is -1.64. The van der Waals surface area contributed by atoms with Gasteiger partial charge in [0.1, 0.15) is 0 Å². The summed E-state index contributed by atoms with van der Waals surface area (Å²) in [6.45, 7) is 0.450. The molecule has 0 saturated heterocycles. The number of aliphatic hydroxyl groups excluding tert-OH is 1. The zero-order valence-corrected chi connectivity index (χ0v) is 13.4. The Balaban J connectivity index is 1.67. The Morgan fingerprint density at radius 2 is 2.04 bits per heavy atom. The van der Waals surface area contributed by atoms with Gasteiger partial charge in [0.05, 0.1) is 31.7 Å². The van der Waals surface area contributed by atoms with Crippen LogP contribution in [0.1, 0.15) is 24.8 Å². The zero-order valence-electron chi connectivity index (χ0n) is 13.4. The van der Waals surface area contributed by atoms with E-state index in [0.717, 1.165) is 5.56 Å². The van der Waals surface area contributed by atoms with E-state index < -0.39 is 18.0 Å². The predicted molar refractivity (Wildman–Crippen MR) is 88.2 cm³/mol. The Hall–Kier alpha value is -2.18. The lowest BCUT2D eigenvalue weighted by atomic mass is 9.91. The third-order valence-electron chi connectivity index (χ3n) is 3.87. The summed E-state index contributed by atoms with van der Waals surface area (Å²) < 4.78 is 5.40. The number of hydrogen-bond acceptors (Lipinski definition) is 4. The molecule has 0 fully saturated rings. The molecule has 0 radical (unpaired) electrons. The standard InChI is InChI=1S/C18H23NO5/c20-16(12-24-11-13-5-2-1-3-6-13)10-17(21)19-15-8-4-7-14(9-15)18(22)23/h1-6,8,14-16,20H,7,9-12H2,(H,19,21)(H,22,23)/t14-,15-,16?/m0/s1. The van der Waals surface area contributed by atoms with Crippen LogP contribution in [0.2, 0.25) is 0 Å². The third-order valence-corrected chi connectivity index (χ3v) is 3.87. The van der Waals surface area contributed by atoms with Crippen molar-refractivity contribution >= 4 is 11.9 Å². The van der Waals surface area contributed by atoms with Gasteiger partial charge in [-0.15, -0.1) is 0 Å². The van der Waals surface area contributed by atoms with Crippen molar-refractivity contribution in [3.63, 3.8) is 0 Å². The number of allylic oxidation sites excluding steroid dienone is 1. The number of ether oxygens (including phenoxy) is 1. The normalized spacial score (nSPS) is 21.2. The molecule has 1 unspecified atom stereocenters. The minimum Gasteiger partial charge on any atom is -0.481 e. The molecule has 1 aromatic rings. The van der Waals surface area contributed by atoms with Crippen molar-refractivity contribution in [2.45, 2.75) is 38.0 Å². The maximum Gasteiger partial charge on any atom is 0.306 e. The zero-order chi connectivity index (χ0) is 17.4. The number of nitrogens with one attached hydrogen (secondary N) is 1. The molecular weight excluding hydrogens is 310 g/mol. The van der Waals surface area contributed by atoms with Crippen LogP contribution in [0, 0.1) is 5.92 Å². The highest BCUT2D eigenvalue weighted by molar-refractivity contribution is 5.77. The summed E-state index contributed by atoms with van der Waals surface area (Å²) >= 11 is 0. The second-order valence-corrected chi connectivity index (χ2v) is 5.97. The number of carboxylic acids is 1. The van der Waals surface area contributed by atoms with Crippen molar-refractivity contribution < 1.29 is 24.5 Å². The Bertz CT molecular complexity index is 572. The number of aliphatic carboxylic acids is 1. The van der Waals surface area contributed by atoms with Crippen molar-refractivity contribution in [3.8, 4) is 0 Å². The maximum absolute atomic E-state index is 11.9. The van der Waals surface area contributed by atoms with Crippen LogP contribution in [0.25, 0.3) is 0 Å². The molecule has 0 spiro atoms. The molecule has 1 aliphatic rings. The van der Waals surface area contributed by atoms with Gasteiger partial charge in [-0.05, 0) is 18.4 Å². The van der Waals surface area contributed by atoms with Crippen LogP contribution in [-0.2, 0) is 20.9 Å². The minimum absolute atomic E-state index is 0.0700. The summed E-state index contributed by atoms with van der Waals surface area (Å²) in [5, 5.41) is 21.6. The van der Waals surface area contributed by atoms with E-state index in [1.807, 2.05) is 30.3 Å². The summed E-state index contributed by atoms with van der Waals surface area (Å²) in [6, 6.07) is 9.28. The van der Waals surface area contributed by atoms with E-state index >= 15 is 0 Å². The summed E-state index contributed by atoms with van der Waals surface area (Å²) in [6.07, 6.45) is 3.46. The molecule has 3 N–H and O–H groups in total. The van der Waals surface area contributed by atoms with Gasteiger partial charge in [-0.3, -0.25) is 9.59 Å². The average Bonchev–Trinajstić information content (AvgIpc) is 2.56. The number of amides is 1. The molecular formula is C18H23NO5. The number of carboxylic acid groups (broad SMARTS) is 1. The molecule has 0 bridgehead atoms. The Kier molecular flexibility index (Phi) is 6.96. The molecule has 130 valence electrons. The molecule has 1 aliphatic carbocycles. The van der Waals surface area contributed by atoms with Crippen LogP contribution in [-0.4, -0.2) is 40.8 Å². The van der Waals surface area contributed by atoms with Crippen LogP contribution in [0.5, 0.6) is 0 Å².